The summed E-state index contributed by atoms with van der Waals surface area (Å²) in [5.74, 6) is -1.14. The monoisotopic (exact) mass is 267 g/mol. The summed E-state index contributed by atoms with van der Waals surface area (Å²) in [6, 6.07) is 0. The van der Waals surface area contributed by atoms with Crippen LogP contribution in [0.3, 0.4) is 0 Å². The van der Waals surface area contributed by atoms with Gasteiger partial charge in [0.1, 0.15) is 0 Å². The van der Waals surface area contributed by atoms with Crippen LogP contribution < -0.4 is 4.72 Å². The Kier molecular flexibility index (Phi) is 6.55. The summed E-state index contributed by atoms with van der Waals surface area (Å²) < 4.78 is 32.9. The average Bonchev–Trinajstić information content (AvgIpc) is 2.62. The zero-order valence-corrected chi connectivity index (χ0v) is 11.0. The lowest BCUT2D eigenvalue weighted by Gasteiger charge is -2.14. The lowest BCUT2D eigenvalue weighted by molar-refractivity contribution is -0.120. The lowest BCUT2D eigenvalue weighted by atomic mass is 10.6. The maximum Gasteiger partial charge on any atom is 0.264 e. The van der Waals surface area contributed by atoms with Crippen LogP contribution in [0.15, 0.2) is 12.4 Å². The lowest BCUT2D eigenvalue weighted by Crippen LogP contribution is -2.30. The van der Waals surface area contributed by atoms with E-state index in [1.54, 1.807) is 0 Å². The van der Waals surface area contributed by atoms with Crippen LogP contribution in [-0.2, 0) is 14.8 Å². The Labute approximate surface area is 101 Å². The summed E-state index contributed by atoms with van der Waals surface area (Å²) in [6.07, 6.45) is 4.98. The second-order valence-corrected chi connectivity index (χ2v) is 5.28. The Bertz CT molecular complexity index is 370. The molecule has 1 aliphatic heterocycles. The summed E-state index contributed by atoms with van der Waals surface area (Å²) in [5, 5.41) is 0. The molecule has 1 heterocycles. The molecule has 0 saturated carbocycles. The van der Waals surface area contributed by atoms with Crippen molar-refractivity contribution < 1.29 is 17.6 Å². The van der Waals surface area contributed by atoms with Crippen LogP contribution >= 0.6 is 0 Å². The molecule has 0 bridgehead atoms. The van der Waals surface area contributed by atoms with Gasteiger partial charge in [0.05, 0.1) is 12.9 Å². The third-order valence-electron chi connectivity index (χ3n) is 1.76. The number of nitrogens with one attached hydrogen (secondary N) is 1. The molecule has 0 spiro atoms. The highest BCUT2D eigenvalue weighted by molar-refractivity contribution is 7.89. The highest BCUT2D eigenvalue weighted by atomic mass is 32.2. The predicted octanol–water partition coefficient (Wildman–Crippen LogP) is -0.286. The van der Waals surface area contributed by atoms with Crippen LogP contribution in [0.25, 0.3) is 0 Å². The Morgan fingerprint density at radius 1 is 1.47 bits per heavy atom. The van der Waals surface area contributed by atoms with E-state index in [1.807, 2.05) is 0 Å². The molecule has 0 fully saturated rings. The second-order valence-electron chi connectivity index (χ2n) is 3.53. The first-order valence-electron chi connectivity index (χ1n) is 4.97. The number of carbonyl (C=O) groups excluding carboxylic acids is 1. The van der Waals surface area contributed by atoms with Crippen molar-refractivity contribution in [3.8, 4) is 0 Å². The molecule has 100 valence electrons. The van der Waals surface area contributed by atoms with Crippen molar-refractivity contribution in [2.75, 3.05) is 33.2 Å². The van der Waals surface area contributed by atoms with Crippen molar-refractivity contribution in [3.05, 3.63) is 12.4 Å². The maximum absolute atomic E-state index is 11.2. The van der Waals surface area contributed by atoms with Crippen LogP contribution in [0.4, 0.5) is 4.39 Å². The van der Waals surface area contributed by atoms with Gasteiger partial charge < -0.3 is 9.80 Å². The molecule has 0 saturated heterocycles. The number of hydrogen-bond acceptors (Lipinski definition) is 5. The van der Waals surface area contributed by atoms with Crippen LogP contribution in [0.1, 0.15) is 6.92 Å². The molecule has 6 nitrogen and oxygen atoms in total. The second kappa shape index (κ2) is 7.10. The van der Waals surface area contributed by atoms with Gasteiger partial charge >= 0.3 is 0 Å². The number of hydrogen-bond donors (Lipinski definition) is 1. The number of halogens is 1. The standard InChI is InChI=1S/C6H12N2.C3H6FNO3S/c1-3-8-5-4-7(2)6-8;1-9(7,8)5-3(6)2-4/h4-5H,3,6H2,1-2H3;2H2,1H3,(H,5,6). The van der Waals surface area contributed by atoms with Gasteiger partial charge in [-0.05, 0) is 6.92 Å². The van der Waals surface area contributed by atoms with Gasteiger partial charge in [0.2, 0.25) is 10.0 Å². The van der Waals surface area contributed by atoms with Crippen molar-refractivity contribution in [1.82, 2.24) is 14.5 Å². The van der Waals surface area contributed by atoms with E-state index in [2.05, 4.69) is 36.2 Å². The summed E-state index contributed by atoms with van der Waals surface area (Å²) in [7, 11) is -1.50. The van der Waals surface area contributed by atoms with Gasteiger partial charge in [-0.2, -0.15) is 0 Å². The zero-order chi connectivity index (χ0) is 13.5. The molecular weight excluding hydrogens is 249 g/mol. The first-order valence-corrected chi connectivity index (χ1v) is 6.86. The quantitative estimate of drug-likeness (QED) is 0.761. The van der Waals surface area contributed by atoms with E-state index in [4.69, 9.17) is 0 Å². The number of amides is 1. The molecule has 1 rings (SSSR count). The molecule has 0 unspecified atom stereocenters. The van der Waals surface area contributed by atoms with Crippen molar-refractivity contribution in [2.24, 2.45) is 0 Å². The zero-order valence-electron chi connectivity index (χ0n) is 10.2. The molecule has 1 aliphatic rings. The van der Waals surface area contributed by atoms with Gasteiger partial charge in [0.25, 0.3) is 5.91 Å². The fourth-order valence-electron chi connectivity index (χ4n) is 1.03. The largest absolute Gasteiger partial charge is 0.362 e. The van der Waals surface area contributed by atoms with Gasteiger partial charge in [-0.25, -0.2) is 12.8 Å². The van der Waals surface area contributed by atoms with E-state index in [-0.39, 0.29) is 0 Å². The van der Waals surface area contributed by atoms with E-state index < -0.39 is 22.6 Å². The minimum atomic E-state index is -3.58. The van der Waals surface area contributed by atoms with Crippen LogP contribution in [-0.4, -0.2) is 57.3 Å². The fraction of sp³-hybridized carbons (Fsp3) is 0.667. The normalized spacial score (nSPS) is 14.4. The maximum atomic E-state index is 11.2. The molecular formula is C9H18FN3O3S. The Morgan fingerprint density at radius 2 is 2.06 bits per heavy atom. The molecule has 0 aliphatic carbocycles. The van der Waals surface area contributed by atoms with E-state index in [1.165, 1.54) is 4.72 Å². The minimum Gasteiger partial charge on any atom is -0.362 e. The summed E-state index contributed by atoms with van der Waals surface area (Å²) >= 11 is 0. The van der Waals surface area contributed by atoms with Crippen molar-refractivity contribution in [3.63, 3.8) is 0 Å². The molecule has 1 N–H and O–H groups in total. The molecule has 8 heteroatoms. The van der Waals surface area contributed by atoms with E-state index in [0.29, 0.717) is 0 Å². The van der Waals surface area contributed by atoms with Crippen molar-refractivity contribution in [2.45, 2.75) is 6.92 Å². The van der Waals surface area contributed by atoms with Crippen molar-refractivity contribution in [1.29, 1.82) is 0 Å². The first kappa shape index (κ1) is 15.7. The SMILES string of the molecule is CCN1C=CN(C)C1.CS(=O)(=O)NC(=O)CF. The van der Waals surface area contributed by atoms with E-state index >= 15 is 0 Å². The number of nitrogens with zero attached hydrogens (tertiary/aromatic N) is 2. The summed E-state index contributed by atoms with van der Waals surface area (Å²) in [5.41, 5.74) is 0. The predicted molar refractivity (Wildman–Crippen MR) is 63.1 cm³/mol. The Morgan fingerprint density at radius 3 is 2.24 bits per heavy atom. The van der Waals surface area contributed by atoms with Gasteiger partial charge in [0.15, 0.2) is 6.67 Å². The van der Waals surface area contributed by atoms with Crippen molar-refractivity contribution >= 4 is 15.9 Å². The number of carbonyl (C=O) groups is 1. The highest BCUT2D eigenvalue weighted by Crippen LogP contribution is 2.00. The molecule has 0 aromatic carbocycles. The van der Waals surface area contributed by atoms with E-state index in [9.17, 15) is 17.6 Å². The average molecular weight is 267 g/mol. The van der Waals surface area contributed by atoms with Crippen LogP contribution in [0.2, 0.25) is 0 Å². The molecule has 0 atom stereocenters. The molecule has 0 aromatic rings. The number of rotatable bonds is 3. The summed E-state index contributed by atoms with van der Waals surface area (Å²) in [4.78, 5) is 14.4. The third kappa shape index (κ3) is 8.49. The van der Waals surface area contributed by atoms with Crippen LogP contribution in [0, 0.1) is 0 Å². The minimum absolute atomic E-state index is 0.778. The van der Waals surface area contributed by atoms with Gasteiger partial charge in [-0.3, -0.25) is 9.52 Å². The molecule has 1 amide bonds. The highest BCUT2D eigenvalue weighted by Gasteiger charge is 2.05. The van der Waals surface area contributed by atoms with E-state index in [0.717, 1.165) is 19.5 Å². The Balaban J connectivity index is 0.000000302. The van der Waals surface area contributed by atoms with Gasteiger partial charge in [-0.15, -0.1) is 0 Å². The van der Waals surface area contributed by atoms with Gasteiger partial charge in [-0.1, -0.05) is 0 Å². The molecule has 17 heavy (non-hydrogen) atoms. The molecule has 0 aromatic heterocycles. The third-order valence-corrected chi connectivity index (χ3v) is 2.36. The molecule has 0 radical (unpaired) electrons. The first-order chi connectivity index (χ1) is 7.78. The number of sulfonamides is 1. The summed E-state index contributed by atoms with van der Waals surface area (Å²) in [6.45, 7) is 3.01. The number of alkyl halides is 1. The van der Waals surface area contributed by atoms with Gasteiger partial charge in [0, 0.05) is 26.0 Å². The van der Waals surface area contributed by atoms with Crippen LogP contribution in [0.5, 0.6) is 0 Å². The smallest absolute Gasteiger partial charge is 0.264 e. The fourth-order valence-corrected chi connectivity index (χ4v) is 1.50. The topological polar surface area (TPSA) is 69.7 Å². The Hall–Kier alpha value is -1.31.